The predicted molar refractivity (Wildman–Crippen MR) is 44.2 cm³/mol. The number of hydrogen-bond donors (Lipinski definition) is 0. The van der Waals surface area contributed by atoms with Crippen molar-refractivity contribution in [2.24, 2.45) is 0 Å². The van der Waals surface area contributed by atoms with Crippen LogP contribution in [0.1, 0.15) is 11.1 Å². The minimum atomic E-state index is -5.29. The third-order valence-electron chi connectivity index (χ3n) is 1.75. The average molecular weight is 284 g/mol. The summed E-state index contributed by atoms with van der Waals surface area (Å²) in [4.78, 5) is 0. The van der Waals surface area contributed by atoms with Crippen molar-refractivity contribution in [2.75, 3.05) is 0 Å². The molecule has 0 bridgehead atoms. The van der Waals surface area contributed by atoms with Gasteiger partial charge in [-0.3, -0.25) is 0 Å². The van der Waals surface area contributed by atoms with Crippen molar-refractivity contribution in [3.8, 4) is 0 Å². The summed E-state index contributed by atoms with van der Waals surface area (Å²) >= 11 is 0. The molecule has 0 fully saturated rings. The molecule has 0 saturated carbocycles. The summed E-state index contributed by atoms with van der Waals surface area (Å²) < 4.78 is 85.0. The molecule has 0 aliphatic heterocycles. The van der Waals surface area contributed by atoms with Gasteiger partial charge in [-0.15, -0.1) is 0 Å². The Kier molecular flexibility index (Phi) is 6.20. The van der Waals surface area contributed by atoms with Crippen LogP contribution in [0.4, 0.5) is 30.5 Å². The monoisotopic (exact) mass is 284 g/mol. The zero-order chi connectivity index (χ0) is 12.6. The molecule has 0 aliphatic rings. The first kappa shape index (κ1) is 17.4. The molecular weight excluding hydrogens is 279 g/mol. The topological polar surface area (TPSA) is 0 Å². The van der Waals surface area contributed by atoms with Crippen LogP contribution in [-0.2, 0) is 12.5 Å². The van der Waals surface area contributed by atoms with E-state index >= 15 is 0 Å². The molecule has 1 aromatic rings. The molecule has 0 spiro atoms. The Morgan fingerprint density at radius 3 is 1.94 bits per heavy atom. The normalized spacial score (nSPS) is 12.2. The minimum absolute atomic E-state index is 0. The molecule has 0 radical (unpaired) electrons. The summed E-state index contributed by atoms with van der Waals surface area (Å²) in [6.45, 7) is -5.29. The van der Waals surface area contributed by atoms with Gasteiger partial charge in [-0.2, -0.15) is 13.2 Å². The van der Waals surface area contributed by atoms with Gasteiger partial charge in [-0.1, -0.05) is 11.9 Å². The van der Waals surface area contributed by atoms with Crippen molar-refractivity contribution in [1.82, 2.24) is 0 Å². The first-order chi connectivity index (χ1) is 7.08. The van der Waals surface area contributed by atoms with E-state index in [1.807, 2.05) is 0 Å². The summed E-state index contributed by atoms with van der Waals surface area (Å²) in [7, 11) is 0. The van der Waals surface area contributed by atoms with Gasteiger partial charge >= 0.3 is 64.5 Å². The van der Waals surface area contributed by atoms with Crippen molar-refractivity contribution in [1.29, 1.82) is 0 Å². The van der Waals surface area contributed by atoms with Gasteiger partial charge in [0.15, 0.2) is 0 Å². The second kappa shape index (κ2) is 6.05. The maximum atomic E-state index is 12.7. The molecule has 0 atom stereocenters. The summed E-state index contributed by atoms with van der Waals surface area (Å²) in [5.41, 5.74) is -2.14. The molecule has 0 heterocycles. The fourth-order valence-corrected chi connectivity index (χ4v) is 1.20. The summed E-state index contributed by atoms with van der Waals surface area (Å²) in [6.07, 6.45) is -6.38. The third-order valence-corrected chi connectivity index (χ3v) is 1.75. The Morgan fingerprint density at radius 1 is 1.00 bits per heavy atom. The smallest absolute Gasteiger partial charge is 0.449 e. The molecule has 0 saturated heterocycles. The minimum Gasteiger partial charge on any atom is -0.449 e. The maximum absolute atomic E-state index is 12.7. The van der Waals surface area contributed by atoms with Crippen molar-refractivity contribution < 1.29 is 81.9 Å². The van der Waals surface area contributed by atoms with Crippen LogP contribution in [0.5, 0.6) is 0 Å². The van der Waals surface area contributed by atoms with Gasteiger partial charge in [0, 0.05) is 0 Å². The van der Waals surface area contributed by atoms with Gasteiger partial charge in [-0.05, 0) is 18.2 Å². The predicted octanol–water partition coefficient (Wildman–Crippen LogP) is 0.778. The van der Waals surface area contributed by atoms with Gasteiger partial charge in [0.2, 0.25) is 0 Å². The molecule has 17 heavy (non-hydrogen) atoms. The van der Waals surface area contributed by atoms with E-state index in [9.17, 15) is 30.5 Å². The van der Waals surface area contributed by atoms with Crippen molar-refractivity contribution in [2.45, 2.75) is 12.5 Å². The quantitative estimate of drug-likeness (QED) is 0.556. The van der Waals surface area contributed by atoms with Crippen molar-refractivity contribution in [3.63, 3.8) is 0 Å². The third kappa shape index (κ3) is 6.23. The first-order valence-electron chi connectivity index (χ1n) is 4.15. The molecule has 0 nitrogen and oxygen atoms in total. The number of alkyl halides is 3. The average Bonchev–Trinajstić information content (AvgIpc) is 1.97. The second-order valence-corrected chi connectivity index (χ2v) is 3.26. The summed E-state index contributed by atoms with van der Waals surface area (Å²) in [6, 6.07) is 0.912. The van der Waals surface area contributed by atoms with Crippen LogP contribution in [-0.4, -0.2) is 6.98 Å². The number of rotatable bonds is 2. The van der Waals surface area contributed by atoms with Gasteiger partial charge in [-0.25, -0.2) is 4.39 Å². The summed E-state index contributed by atoms with van der Waals surface area (Å²) in [5.74, 6) is -1.33. The van der Waals surface area contributed by atoms with Crippen LogP contribution in [0.3, 0.4) is 0 Å². The Hall–Kier alpha value is 0.431. The molecule has 9 heteroatoms. The van der Waals surface area contributed by atoms with Gasteiger partial charge < -0.3 is 12.9 Å². The number of halogens is 7. The molecule has 0 aromatic heterocycles. The maximum Gasteiger partial charge on any atom is 1.00 e. The first-order valence-corrected chi connectivity index (χ1v) is 4.15. The van der Waals surface area contributed by atoms with Crippen LogP contribution in [0.2, 0.25) is 0 Å². The van der Waals surface area contributed by atoms with E-state index in [4.69, 9.17) is 0 Å². The molecule has 1 aromatic carbocycles. The van der Waals surface area contributed by atoms with Crippen LogP contribution in [0.15, 0.2) is 18.2 Å². The van der Waals surface area contributed by atoms with Crippen LogP contribution < -0.4 is 51.4 Å². The second-order valence-electron chi connectivity index (χ2n) is 3.26. The number of benzene rings is 1. The van der Waals surface area contributed by atoms with Gasteiger partial charge in [0.1, 0.15) is 5.82 Å². The van der Waals surface area contributed by atoms with E-state index in [1.165, 1.54) is 0 Å². The van der Waals surface area contributed by atoms with Crippen LogP contribution in [0.25, 0.3) is 0 Å². The van der Waals surface area contributed by atoms with E-state index in [1.54, 1.807) is 0 Å². The Bertz CT molecular complexity index is 384. The van der Waals surface area contributed by atoms with Crippen LogP contribution in [0, 0.1) is 5.82 Å². The fourth-order valence-electron chi connectivity index (χ4n) is 1.20. The molecule has 0 unspecified atom stereocenters. The van der Waals surface area contributed by atoms with Gasteiger partial charge in [0.25, 0.3) is 0 Å². The zero-order valence-electron chi connectivity index (χ0n) is 8.66. The van der Waals surface area contributed by atoms with Crippen LogP contribution >= 0.6 is 0 Å². The van der Waals surface area contributed by atoms with E-state index in [0.29, 0.717) is 12.1 Å². The zero-order valence-corrected chi connectivity index (χ0v) is 11.8. The molecule has 0 N–H and O–H groups in total. The molecule has 0 amide bonds. The Balaban J connectivity index is 0.00000256. The fraction of sp³-hybridized carbons (Fsp3) is 0.250. The van der Waals surface area contributed by atoms with Gasteiger partial charge in [0.05, 0.1) is 5.56 Å². The molecule has 0 aliphatic carbocycles. The van der Waals surface area contributed by atoms with Crippen molar-refractivity contribution >= 4 is 6.98 Å². The van der Waals surface area contributed by atoms with E-state index in [2.05, 4.69) is 0 Å². The molecular formula is C8H5BF7K. The van der Waals surface area contributed by atoms with E-state index in [0.717, 1.165) is 0 Å². The standard InChI is InChI=1S/C8H5BF7.K/c10-7-2-5(4-9(14,15)16)1-6(3-7)8(11,12)13;/h1-3H,4H2;/q-1;+1. The molecule has 1 rings (SSSR count). The largest absolute Gasteiger partial charge is 1.00 e. The van der Waals surface area contributed by atoms with E-state index in [-0.39, 0.29) is 57.5 Å². The summed E-state index contributed by atoms with van der Waals surface area (Å²) in [5, 5.41) is 0. The van der Waals surface area contributed by atoms with Crippen molar-refractivity contribution in [3.05, 3.63) is 35.1 Å². The Morgan fingerprint density at radius 2 is 1.53 bits per heavy atom. The molecule has 90 valence electrons. The Labute approximate surface area is 135 Å². The van der Waals surface area contributed by atoms with E-state index < -0.39 is 36.4 Å². The SMILES string of the molecule is Fc1cc(C[B-](F)(F)F)cc(C(F)(F)F)c1.[K+]. The number of hydrogen-bond acceptors (Lipinski definition) is 0.